The maximum absolute atomic E-state index is 12.0. The van der Waals surface area contributed by atoms with Crippen molar-refractivity contribution in [2.75, 3.05) is 18.8 Å². The standard InChI is InChI=1S/C15H22ClN3O3/c1-15(2,3)22-14(21)19-9-5-8-18-13(20)12-10(16)6-4-7-11(12)17/h4,6-7H,5,8-9,17H2,1-3H3,(H,18,20)(H,19,21). The largest absolute Gasteiger partial charge is 0.444 e. The summed E-state index contributed by atoms with van der Waals surface area (Å²) < 4.78 is 5.09. The van der Waals surface area contributed by atoms with E-state index in [0.29, 0.717) is 30.2 Å². The fraction of sp³-hybridized carbons (Fsp3) is 0.467. The number of nitrogen functional groups attached to an aromatic ring is 1. The highest BCUT2D eigenvalue weighted by atomic mass is 35.5. The van der Waals surface area contributed by atoms with Gasteiger partial charge >= 0.3 is 6.09 Å². The Morgan fingerprint density at radius 2 is 1.86 bits per heavy atom. The highest BCUT2D eigenvalue weighted by Gasteiger charge is 2.16. The van der Waals surface area contributed by atoms with Gasteiger partial charge in [-0.2, -0.15) is 0 Å². The molecule has 0 aliphatic carbocycles. The van der Waals surface area contributed by atoms with Crippen molar-refractivity contribution in [2.45, 2.75) is 32.8 Å². The highest BCUT2D eigenvalue weighted by Crippen LogP contribution is 2.21. The van der Waals surface area contributed by atoms with E-state index in [4.69, 9.17) is 22.1 Å². The van der Waals surface area contributed by atoms with Crippen LogP contribution in [0.5, 0.6) is 0 Å². The zero-order chi connectivity index (χ0) is 16.8. The van der Waals surface area contributed by atoms with Crippen molar-refractivity contribution in [1.82, 2.24) is 10.6 Å². The van der Waals surface area contributed by atoms with Gasteiger partial charge in [0.15, 0.2) is 0 Å². The first kappa shape index (κ1) is 18.1. The lowest BCUT2D eigenvalue weighted by Gasteiger charge is -2.19. The zero-order valence-electron chi connectivity index (χ0n) is 13.0. The number of anilines is 1. The number of nitrogens with one attached hydrogen (secondary N) is 2. The van der Waals surface area contributed by atoms with Gasteiger partial charge in [-0.15, -0.1) is 0 Å². The van der Waals surface area contributed by atoms with Crippen molar-refractivity contribution in [3.05, 3.63) is 28.8 Å². The van der Waals surface area contributed by atoms with Crippen LogP contribution in [0.15, 0.2) is 18.2 Å². The quantitative estimate of drug-likeness (QED) is 0.572. The molecule has 0 aromatic heterocycles. The molecule has 1 rings (SSSR count). The van der Waals surface area contributed by atoms with E-state index in [-0.39, 0.29) is 11.5 Å². The molecule has 6 nitrogen and oxygen atoms in total. The number of rotatable bonds is 5. The number of carbonyl (C=O) groups excluding carboxylic acids is 2. The highest BCUT2D eigenvalue weighted by molar-refractivity contribution is 6.34. The third-order valence-corrected chi connectivity index (χ3v) is 2.90. The summed E-state index contributed by atoms with van der Waals surface area (Å²) in [6.45, 7) is 6.16. The van der Waals surface area contributed by atoms with Crippen molar-refractivity contribution >= 4 is 29.3 Å². The Bertz CT molecular complexity index is 521. The van der Waals surface area contributed by atoms with Gasteiger partial charge < -0.3 is 21.1 Å². The Labute approximate surface area is 135 Å². The molecule has 7 heteroatoms. The number of hydrogen-bond acceptors (Lipinski definition) is 4. The van der Waals surface area contributed by atoms with E-state index < -0.39 is 11.7 Å². The normalized spacial score (nSPS) is 10.9. The number of carbonyl (C=O) groups is 2. The van der Waals surface area contributed by atoms with E-state index in [2.05, 4.69) is 10.6 Å². The van der Waals surface area contributed by atoms with Crippen molar-refractivity contribution in [2.24, 2.45) is 0 Å². The molecule has 1 aromatic rings. The minimum absolute atomic E-state index is 0.268. The summed E-state index contributed by atoms with van der Waals surface area (Å²) in [4.78, 5) is 23.4. The van der Waals surface area contributed by atoms with Crippen LogP contribution >= 0.6 is 11.6 Å². The van der Waals surface area contributed by atoms with Gasteiger partial charge in [0.25, 0.3) is 5.91 Å². The predicted molar refractivity (Wildman–Crippen MR) is 87.1 cm³/mol. The molecule has 0 heterocycles. The fourth-order valence-corrected chi connectivity index (χ4v) is 1.93. The Morgan fingerprint density at radius 3 is 2.45 bits per heavy atom. The number of alkyl carbamates (subject to hydrolysis) is 1. The second kappa shape index (κ2) is 7.89. The lowest BCUT2D eigenvalue weighted by molar-refractivity contribution is 0.0527. The van der Waals surface area contributed by atoms with Crippen LogP contribution in [-0.4, -0.2) is 30.7 Å². The number of nitrogens with two attached hydrogens (primary N) is 1. The molecule has 0 unspecified atom stereocenters. The van der Waals surface area contributed by atoms with Gasteiger partial charge in [-0.1, -0.05) is 17.7 Å². The molecule has 0 atom stereocenters. The average Bonchev–Trinajstić information content (AvgIpc) is 2.35. The first-order valence-corrected chi connectivity index (χ1v) is 7.37. The fourth-order valence-electron chi connectivity index (χ4n) is 1.66. The van der Waals surface area contributed by atoms with Gasteiger partial charge in [-0.05, 0) is 39.3 Å². The van der Waals surface area contributed by atoms with Gasteiger partial charge in [0, 0.05) is 18.8 Å². The van der Waals surface area contributed by atoms with E-state index >= 15 is 0 Å². The van der Waals surface area contributed by atoms with E-state index in [9.17, 15) is 9.59 Å². The van der Waals surface area contributed by atoms with Crippen molar-refractivity contribution in [3.63, 3.8) is 0 Å². The molecule has 0 fully saturated rings. The topological polar surface area (TPSA) is 93.5 Å². The number of ether oxygens (including phenoxy) is 1. The molecule has 0 spiro atoms. The third kappa shape index (κ3) is 6.22. The number of benzene rings is 1. The van der Waals surface area contributed by atoms with Crippen LogP contribution in [0.25, 0.3) is 0 Å². The molecular formula is C15H22ClN3O3. The van der Waals surface area contributed by atoms with Crippen LogP contribution < -0.4 is 16.4 Å². The van der Waals surface area contributed by atoms with Crippen LogP contribution in [0.2, 0.25) is 5.02 Å². The molecule has 1 aromatic carbocycles. The minimum atomic E-state index is -0.528. The number of hydrogen-bond donors (Lipinski definition) is 3. The number of halogens is 1. The van der Waals surface area contributed by atoms with Crippen LogP contribution in [-0.2, 0) is 4.74 Å². The van der Waals surface area contributed by atoms with Gasteiger partial charge in [-0.25, -0.2) is 4.79 Å². The molecule has 2 amide bonds. The summed E-state index contributed by atoms with van der Waals surface area (Å²) in [6.07, 6.45) is 0.0872. The molecule has 0 saturated carbocycles. The first-order chi connectivity index (χ1) is 10.2. The van der Waals surface area contributed by atoms with Gasteiger partial charge in [0.1, 0.15) is 5.60 Å². The van der Waals surface area contributed by atoms with E-state index in [0.717, 1.165) is 0 Å². The molecule has 122 valence electrons. The summed E-state index contributed by atoms with van der Waals surface area (Å²) in [7, 11) is 0. The molecule has 22 heavy (non-hydrogen) atoms. The van der Waals surface area contributed by atoms with E-state index in [1.807, 2.05) is 0 Å². The first-order valence-electron chi connectivity index (χ1n) is 7.00. The lowest BCUT2D eigenvalue weighted by Crippen LogP contribution is -2.34. The van der Waals surface area contributed by atoms with Crippen molar-refractivity contribution in [3.8, 4) is 0 Å². The second-order valence-electron chi connectivity index (χ2n) is 5.74. The SMILES string of the molecule is CC(C)(C)OC(=O)NCCCNC(=O)c1c(N)cccc1Cl. The maximum atomic E-state index is 12.0. The van der Waals surface area contributed by atoms with Crippen molar-refractivity contribution < 1.29 is 14.3 Å². The number of amides is 2. The molecule has 0 aliphatic rings. The monoisotopic (exact) mass is 327 g/mol. The Hall–Kier alpha value is -1.95. The van der Waals surface area contributed by atoms with Gasteiger partial charge in [0.2, 0.25) is 0 Å². The second-order valence-corrected chi connectivity index (χ2v) is 6.15. The lowest BCUT2D eigenvalue weighted by atomic mass is 10.1. The molecule has 4 N–H and O–H groups in total. The Kier molecular flexibility index (Phi) is 6.49. The van der Waals surface area contributed by atoms with Crippen LogP contribution in [0.3, 0.4) is 0 Å². The summed E-state index contributed by atoms with van der Waals surface area (Å²) in [5.74, 6) is -0.333. The predicted octanol–water partition coefficient (Wildman–Crippen LogP) is 2.57. The Balaban J connectivity index is 2.31. The molecule has 0 saturated heterocycles. The van der Waals surface area contributed by atoms with E-state index in [1.54, 1.807) is 39.0 Å². The summed E-state index contributed by atoms with van der Waals surface area (Å²) in [5.41, 5.74) is 5.80. The smallest absolute Gasteiger partial charge is 0.407 e. The molecule has 0 aliphatic heterocycles. The van der Waals surface area contributed by atoms with Crippen LogP contribution in [0.1, 0.15) is 37.6 Å². The van der Waals surface area contributed by atoms with Crippen LogP contribution in [0, 0.1) is 0 Å². The Morgan fingerprint density at radius 1 is 1.23 bits per heavy atom. The van der Waals surface area contributed by atoms with Gasteiger partial charge in [-0.3, -0.25) is 4.79 Å². The molecular weight excluding hydrogens is 306 g/mol. The summed E-state index contributed by atoms with van der Waals surface area (Å²) in [5, 5.41) is 5.63. The van der Waals surface area contributed by atoms with Crippen LogP contribution in [0.4, 0.5) is 10.5 Å². The average molecular weight is 328 g/mol. The minimum Gasteiger partial charge on any atom is -0.444 e. The van der Waals surface area contributed by atoms with Gasteiger partial charge in [0.05, 0.1) is 10.6 Å². The zero-order valence-corrected chi connectivity index (χ0v) is 13.8. The molecule has 0 bridgehead atoms. The van der Waals surface area contributed by atoms with Crippen molar-refractivity contribution in [1.29, 1.82) is 0 Å². The van der Waals surface area contributed by atoms with E-state index in [1.165, 1.54) is 0 Å². The summed E-state index contributed by atoms with van der Waals surface area (Å²) in [6, 6.07) is 4.90. The summed E-state index contributed by atoms with van der Waals surface area (Å²) >= 11 is 5.95. The third-order valence-electron chi connectivity index (χ3n) is 2.58. The maximum Gasteiger partial charge on any atom is 0.407 e. The molecule has 0 radical (unpaired) electrons.